The van der Waals surface area contributed by atoms with Gasteiger partial charge >= 0.3 is 0 Å². The van der Waals surface area contributed by atoms with Crippen LogP contribution in [-0.4, -0.2) is 23.9 Å². The van der Waals surface area contributed by atoms with Gasteiger partial charge in [0.15, 0.2) is 5.71 Å². The molecule has 0 saturated heterocycles. The van der Waals surface area contributed by atoms with Crippen LogP contribution >= 0.6 is 0 Å². The molecule has 0 bridgehead atoms. The second-order valence-corrected chi connectivity index (χ2v) is 13.8. The quantitative estimate of drug-likeness (QED) is 0.0792. The molecule has 2 nitrogen and oxygen atoms in total. The van der Waals surface area contributed by atoms with E-state index < -0.39 is 0 Å². The standard InChI is InChI=1S/C42H47N2.C2H6/c1-30(2)18-10-9-17-29-44-36-28-26-32-20-14-16-22-34(32)40(36)42(5,6)38(44)24-12-8-11-23-37-41(3,4)39-33-21-15-13-19-31(33)25-27-35(39)43(37)7;1-2/h8,11-16,19-28H,1,9-10,17-18,29H2,2-7H3;1-2H3/q+1;. The molecule has 2 heteroatoms. The van der Waals surface area contributed by atoms with Crippen molar-refractivity contribution in [3.63, 3.8) is 0 Å². The highest BCUT2D eigenvalue weighted by atomic mass is 15.2. The summed E-state index contributed by atoms with van der Waals surface area (Å²) >= 11 is 0. The van der Waals surface area contributed by atoms with Crippen LogP contribution in [0, 0.1) is 0 Å². The van der Waals surface area contributed by atoms with E-state index in [1.165, 1.54) is 80.3 Å². The van der Waals surface area contributed by atoms with Crippen molar-refractivity contribution in [2.24, 2.45) is 0 Å². The van der Waals surface area contributed by atoms with Crippen LogP contribution in [0.1, 0.15) is 85.3 Å². The molecule has 4 aromatic carbocycles. The van der Waals surface area contributed by atoms with Gasteiger partial charge in [-0.05, 0) is 85.4 Å². The number of hydrogen-bond donors (Lipinski definition) is 0. The van der Waals surface area contributed by atoms with Crippen LogP contribution < -0.4 is 4.90 Å². The maximum Gasteiger partial charge on any atom is 0.210 e. The summed E-state index contributed by atoms with van der Waals surface area (Å²) in [6, 6.07) is 26.8. The molecule has 238 valence electrons. The zero-order chi connectivity index (χ0) is 33.1. The van der Waals surface area contributed by atoms with Crippen molar-refractivity contribution in [2.75, 3.05) is 18.5 Å². The first kappa shape index (κ1) is 33.2. The predicted octanol–water partition coefficient (Wildman–Crippen LogP) is 12.0. The SMILES string of the molecule is C=C(C)CCCCCN1/C(=C/C=C/C=C/C2=[N+](C)c3ccc4ccccc4c3C2(C)C)C(C)(C)c2c1ccc1ccccc21.CC. The summed E-state index contributed by atoms with van der Waals surface area (Å²) < 4.78 is 2.36. The lowest BCUT2D eigenvalue weighted by atomic mass is 9.79. The molecule has 0 saturated carbocycles. The number of fused-ring (bicyclic) bond motifs is 6. The molecular formula is C44H53N2+. The number of benzene rings is 4. The van der Waals surface area contributed by atoms with E-state index in [1.54, 1.807) is 0 Å². The maximum absolute atomic E-state index is 4.09. The summed E-state index contributed by atoms with van der Waals surface area (Å²) in [5.74, 6) is 0. The van der Waals surface area contributed by atoms with Gasteiger partial charge in [-0.3, -0.25) is 0 Å². The second-order valence-electron chi connectivity index (χ2n) is 13.8. The zero-order valence-electron chi connectivity index (χ0n) is 29.5. The first-order valence-electron chi connectivity index (χ1n) is 17.3. The number of rotatable bonds is 9. The van der Waals surface area contributed by atoms with Gasteiger partial charge in [-0.15, -0.1) is 6.58 Å². The van der Waals surface area contributed by atoms with Gasteiger partial charge in [-0.2, -0.15) is 4.58 Å². The number of hydrogen-bond acceptors (Lipinski definition) is 1. The van der Waals surface area contributed by atoms with Crippen LogP contribution in [0.3, 0.4) is 0 Å². The highest BCUT2D eigenvalue weighted by molar-refractivity contribution is 6.07. The summed E-state index contributed by atoms with van der Waals surface area (Å²) in [6.07, 6.45) is 16.0. The van der Waals surface area contributed by atoms with Gasteiger partial charge < -0.3 is 4.90 Å². The molecule has 2 aliphatic rings. The topological polar surface area (TPSA) is 6.25 Å². The van der Waals surface area contributed by atoms with Crippen LogP contribution in [0.25, 0.3) is 21.5 Å². The fraction of sp³-hybridized carbons (Fsp3) is 0.341. The van der Waals surface area contributed by atoms with Gasteiger partial charge in [0.05, 0.1) is 5.41 Å². The van der Waals surface area contributed by atoms with Crippen molar-refractivity contribution in [2.45, 2.75) is 85.0 Å². The Morgan fingerprint density at radius 3 is 2.04 bits per heavy atom. The predicted molar refractivity (Wildman–Crippen MR) is 203 cm³/mol. The largest absolute Gasteiger partial charge is 0.344 e. The monoisotopic (exact) mass is 609 g/mol. The molecule has 0 aliphatic carbocycles. The van der Waals surface area contributed by atoms with Crippen LogP contribution in [0.5, 0.6) is 0 Å². The van der Waals surface area contributed by atoms with Gasteiger partial charge in [0, 0.05) is 41.1 Å². The van der Waals surface area contributed by atoms with Crippen LogP contribution in [0.4, 0.5) is 11.4 Å². The third-order valence-electron chi connectivity index (χ3n) is 9.86. The van der Waals surface area contributed by atoms with E-state index in [1.807, 2.05) is 13.8 Å². The van der Waals surface area contributed by atoms with Gasteiger partial charge in [-0.25, -0.2) is 0 Å². The summed E-state index contributed by atoms with van der Waals surface area (Å²) in [6.45, 7) is 20.7. The lowest BCUT2D eigenvalue weighted by Crippen LogP contribution is -2.27. The van der Waals surface area contributed by atoms with E-state index in [4.69, 9.17) is 0 Å². The van der Waals surface area contributed by atoms with E-state index in [2.05, 4.69) is 161 Å². The smallest absolute Gasteiger partial charge is 0.210 e. The first-order chi connectivity index (χ1) is 22.1. The van der Waals surface area contributed by atoms with E-state index in [-0.39, 0.29) is 10.8 Å². The summed E-state index contributed by atoms with van der Waals surface area (Å²) in [4.78, 5) is 2.58. The molecule has 0 amide bonds. The minimum absolute atomic E-state index is 0.0785. The Morgan fingerprint density at radius 2 is 1.37 bits per heavy atom. The fourth-order valence-electron chi connectivity index (χ4n) is 7.70. The molecule has 2 heterocycles. The number of unbranched alkanes of at least 4 members (excludes halogenated alkanes) is 2. The normalized spacial score (nSPS) is 17.3. The highest BCUT2D eigenvalue weighted by Crippen LogP contribution is 2.51. The summed E-state index contributed by atoms with van der Waals surface area (Å²) in [5.41, 5.74) is 9.33. The Bertz CT molecular complexity index is 1880. The molecule has 0 N–H and O–H groups in total. The third-order valence-corrected chi connectivity index (χ3v) is 9.86. The lowest BCUT2D eigenvalue weighted by molar-refractivity contribution is -0.401. The van der Waals surface area contributed by atoms with Gasteiger partial charge in [-0.1, -0.05) is 113 Å². The minimum atomic E-state index is -0.0902. The molecule has 0 unspecified atom stereocenters. The summed E-state index contributed by atoms with van der Waals surface area (Å²) in [5, 5.41) is 5.33. The van der Waals surface area contributed by atoms with Crippen molar-refractivity contribution < 1.29 is 4.58 Å². The molecular weight excluding hydrogens is 556 g/mol. The average Bonchev–Trinajstić information content (AvgIpc) is 3.39. The van der Waals surface area contributed by atoms with E-state index in [9.17, 15) is 0 Å². The molecule has 0 fully saturated rings. The second kappa shape index (κ2) is 13.7. The molecule has 4 aromatic rings. The van der Waals surface area contributed by atoms with E-state index >= 15 is 0 Å². The Kier molecular flexibility index (Phi) is 9.87. The molecule has 0 atom stereocenters. The van der Waals surface area contributed by atoms with Crippen molar-refractivity contribution >= 4 is 38.6 Å². The molecule has 0 aromatic heterocycles. The minimum Gasteiger partial charge on any atom is -0.344 e. The Morgan fingerprint density at radius 1 is 0.739 bits per heavy atom. The van der Waals surface area contributed by atoms with Gasteiger partial charge in [0.2, 0.25) is 5.69 Å². The van der Waals surface area contributed by atoms with E-state index in [0.717, 1.165) is 13.0 Å². The molecule has 0 radical (unpaired) electrons. The first-order valence-corrected chi connectivity index (χ1v) is 17.3. The lowest BCUT2D eigenvalue weighted by Gasteiger charge is -2.27. The van der Waals surface area contributed by atoms with Crippen LogP contribution in [-0.2, 0) is 10.8 Å². The molecule has 6 rings (SSSR count). The van der Waals surface area contributed by atoms with Crippen molar-refractivity contribution in [1.29, 1.82) is 0 Å². The molecule has 0 spiro atoms. The van der Waals surface area contributed by atoms with Crippen molar-refractivity contribution in [1.82, 2.24) is 0 Å². The van der Waals surface area contributed by atoms with Crippen LogP contribution in [0.2, 0.25) is 0 Å². The van der Waals surface area contributed by atoms with Crippen LogP contribution in [0.15, 0.2) is 121 Å². The van der Waals surface area contributed by atoms with Crippen molar-refractivity contribution in [3.05, 3.63) is 132 Å². The zero-order valence-corrected chi connectivity index (χ0v) is 29.5. The Hall–Kier alpha value is -4.17. The van der Waals surface area contributed by atoms with Gasteiger partial charge in [0.1, 0.15) is 7.05 Å². The third kappa shape index (κ3) is 6.03. The maximum atomic E-state index is 4.09. The molecule has 46 heavy (non-hydrogen) atoms. The summed E-state index contributed by atoms with van der Waals surface area (Å²) in [7, 11) is 2.20. The Balaban J connectivity index is 0.00000204. The molecule has 2 aliphatic heterocycles. The highest BCUT2D eigenvalue weighted by Gasteiger charge is 2.44. The Labute approximate surface area is 278 Å². The van der Waals surface area contributed by atoms with Crippen molar-refractivity contribution in [3.8, 4) is 0 Å². The fourth-order valence-corrected chi connectivity index (χ4v) is 7.70. The number of nitrogens with zero attached hydrogens (tertiary/aromatic N) is 2. The van der Waals surface area contributed by atoms with E-state index in [0.29, 0.717) is 0 Å². The number of anilines is 1. The number of allylic oxidation sites excluding steroid dienone is 7. The average molecular weight is 610 g/mol. The van der Waals surface area contributed by atoms with Gasteiger partial charge in [0.25, 0.3) is 0 Å².